The van der Waals surface area contributed by atoms with Crippen LogP contribution in [0.2, 0.25) is 5.02 Å². The molecule has 0 aliphatic heterocycles. The summed E-state index contributed by atoms with van der Waals surface area (Å²) in [6.45, 7) is 0.606. The summed E-state index contributed by atoms with van der Waals surface area (Å²) in [4.78, 5) is 15.3. The van der Waals surface area contributed by atoms with Crippen molar-refractivity contribution in [2.24, 2.45) is 7.05 Å². The SMILES string of the molecule is CC(NS(=O)(=O)c1cn(C)c(C(=O)Nc2ccc(F)c(C#N)n2)c1Cl)C(F)(F)F. The molecule has 1 unspecified atom stereocenters. The van der Waals surface area contributed by atoms with Gasteiger partial charge in [0.2, 0.25) is 10.0 Å². The van der Waals surface area contributed by atoms with Crippen molar-refractivity contribution in [1.82, 2.24) is 14.3 Å². The van der Waals surface area contributed by atoms with Gasteiger partial charge >= 0.3 is 6.18 Å². The second-order valence-electron chi connectivity index (χ2n) is 5.74. The lowest BCUT2D eigenvalue weighted by Crippen LogP contribution is -2.42. The molecule has 8 nitrogen and oxygen atoms in total. The van der Waals surface area contributed by atoms with Crippen molar-refractivity contribution in [3.63, 3.8) is 0 Å². The zero-order chi connectivity index (χ0) is 22.1. The van der Waals surface area contributed by atoms with E-state index in [1.165, 1.54) is 17.8 Å². The van der Waals surface area contributed by atoms with Gasteiger partial charge in [-0.15, -0.1) is 0 Å². The highest BCUT2D eigenvalue weighted by molar-refractivity contribution is 7.89. The molecule has 0 aromatic carbocycles. The summed E-state index contributed by atoms with van der Waals surface area (Å²) in [6.07, 6.45) is -3.97. The second-order valence-corrected chi connectivity index (χ2v) is 7.80. The number of anilines is 1. The molecule has 2 rings (SSSR count). The highest BCUT2D eigenvalue weighted by Gasteiger charge is 2.40. The van der Waals surface area contributed by atoms with E-state index in [-0.39, 0.29) is 5.82 Å². The number of hydrogen-bond donors (Lipinski definition) is 2. The molecule has 2 N–H and O–H groups in total. The third-order valence-corrected chi connectivity index (χ3v) is 5.66. The van der Waals surface area contributed by atoms with E-state index in [2.05, 4.69) is 10.3 Å². The topological polar surface area (TPSA) is 117 Å². The van der Waals surface area contributed by atoms with Gasteiger partial charge in [-0.3, -0.25) is 4.79 Å². The van der Waals surface area contributed by atoms with Crippen LogP contribution in [0, 0.1) is 17.1 Å². The van der Waals surface area contributed by atoms with Gasteiger partial charge in [-0.1, -0.05) is 11.6 Å². The van der Waals surface area contributed by atoms with Crippen LogP contribution in [0.15, 0.2) is 23.2 Å². The Balaban J connectivity index is 2.36. The Bertz CT molecular complexity index is 1110. The number of rotatable bonds is 5. The average molecular weight is 454 g/mol. The van der Waals surface area contributed by atoms with Gasteiger partial charge in [0.15, 0.2) is 11.5 Å². The van der Waals surface area contributed by atoms with Gasteiger partial charge < -0.3 is 9.88 Å². The maximum atomic E-state index is 13.3. The molecule has 0 spiro atoms. The molecule has 29 heavy (non-hydrogen) atoms. The number of carbonyl (C=O) groups is 1. The summed E-state index contributed by atoms with van der Waals surface area (Å²) in [6, 6.07) is 1.01. The van der Waals surface area contributed by atoms with Crippen molar-refractivity contribution >= 4 is 33.3 Å². The minimum atomic E-state index is -4.83. The Morgan fingerprint density at radius 1 is 1.38 bits per heavy atom. The number of hydrogen-bond acceptors (Lipinski definition) is 5. The van der Waals surface area contributed by atoms with Gasteiger partial charge in [0.05, 0.1) is 5.02 Å². The molecule has 14 heteroatoms. The van der Waals surface area contributed by atoms with E-state index >= 15 is 0 Å². The second kappa shape index (κ2) is 7.97. The third-order valence-electron chi connectivity index (χ3n) is 3.61. The Kier molecular flexibility index (Phi) is 6.21. The molecule has 0 bridgehead atoms. The van der Waals surface area contributed by atoms with Crippen LogP contribution >= 0.6 is 11.6 Å². The van der Waals surface area contributed by atoms with Crippen molar-refractivity contribution in [2.45, 2.75) is 24.0 Å². The van der Waals surface area contributed by atoms with Crippen LogP contribution in [0.1, 0.15) is 23.1 Å². The molecular formula is C15H12ClF4N5O3S. The van der Waals surface area contributed by atoms with Gasteiger partial charge in [-0.05, 0) is 19.1 Å². The molecule has 156 valence electrons. The summed E-state index contributed by atoms with van der Waals surface area (Å²) in [7, 11) is -3.47. The normalized spacial score (nSPS) is 13.0. The predicted octanol–water partition coefficient (Wildman–Crippen LogP) is 2.57. The number of pyridine rings is 1. The standard InChI is InChI=1S/C15H12ClF4N5O3S/c1-7(15(18,19)20)24-29(27,28)10-6-25(2)13(12(10)16)14(26)23-11-4-3-8(17)9(5-21)22-11/h3-4,6-7,24H,1-2H3,(H,22,23,26). The summed E-state index contributed by atoms with van der Waals surface area (Å²) in [5.74, 6) is -2.12. The van der Waals surface area contributed by atoms with E-state index < -0.39 is 55.3 Å². The number of aryl methyl sites for hydroxylation is 1. The number of halogens is 5. The number of nitrogens with one attached hydrogen (secondary N) is 2. The van der Waals surface area contributed by atoms with Gasteiger partial charge in [-0.25, -0.2) is 17.8 Å². The first-order valence-corrected chi connectivity index (χ1v) is 9.46. The fourth-order valence-corrected chi connectivity index (χ4v) is 4.07. The third kappa shape index (κ3) is 4.84. The summed E-state index contributed by atoms with van der Waals surface area (Å²) in [5.41, 5.74) is -0.995. The first-order valence-electron chi connectivity index (χ1n) is 7.59. The number of nitrogens with zero attached hydrogens (tertiary/aromatic N) is 3. The Hall–Kier alpha value is -2.69. The smallest absolute Gasteiger partial charge is 0.344 e. The fourth-order valence-electron chi connectivity index (χ4n) is 2.14. The Morgan fingerprint density at radius 3 is 2.55 bits per heavy atom. The summed E-state index contributed by atoms with van der Waals surface area (Å²) in [5, 5.41) is 10.3. The van der Waals surface area contributed by atoms with E-state index in [4.69, 9.17) is 16.9 Å². The minimum absolute atomic E-state index is 0.224. The van der Waals surface area contributed by atoms with Crippen molar-refractivity contribution < 1.29 is 30.8 Å². The predicted molar refractivity (Wildman–Crippen MR) is 93.1 cm³/mol. The number of nitriles is 1. The molecule has 1 atom stereocenters. The molecule has 0 saturated heterocycles. The van der Waals surface area contributed by atoms with Crippen LogP contribution in [-0.4, -0.2) is 36.1 Å². The van der Waals surface area contributed by atoms with Crippen molar-refractivity contribution in [2.75, 3.05) is 5.32 Å². The highest BCUT2D eigenvalue weighted by atomic mass is 35.5. The minimum Gasteiger partial charge on any atom is -0.344 e. The summed E-state index contributed by atoms with van der Waals surface area (Å²) >= 11 is 5.94. The fraction of sp³-hybridized carbons (Fsp3) is 0.267. The lowest BCUT2D eigenvalue weighted by molar-refractivity contribution is -0.147. The van der Waals surface area contributed by atoms with E-state index in [9.17, 15) is 30.8 Å². The van der Waals surface area contributed by atoms with Crippen LogP contribution in [0.5, 0.6) is 0 Å². The molecule has 0 fully saturated rings. The molecule has 2 aromatic rings. The monoisotopic (exact) mass is 453 g/mol. The molecule has 2 heterocycles. The molecular weight excluding hydrogens is 442 g/mol. The van der Waals surface area contributed by atoms with Gasteiger partial charge in [0.25, 0.3) is 5.91 Å². The van der Waals surface area contributed by atoms with E-state index in [1.807, 2.05) is 0 Å². The van der Waals surface area contributed by atoms with Gasteiger partial charge in [-0.2, -0.15) is 23.2 Å². The number of amides is 1. The zero-order valence-electron chi connectivity index (χ0n) is 14.7. The molecule has 0 aliphatic rings. The van der Waals surface area contributed by atoms with Crippen LogP contribution < -0.4 is 10.0 Å². The van der Waals surface area contributed by atoms with Crippen LogP contribution in [0.4, 0.5) is 23.4 Å². The average Bonchev–Trinajstić information content (AvgIpc) is 2.90. The number of aromatic nitrogens is 2. The quantitative estimate of drug-likeness (QED) is 0.675. The lowest BCUT2D eigenvalue weighted by Gasteiger charge is -2.16. The van der Waals surface area contributed by atoms with Crippen LogP contribution in [-0.2, 0) is 17.1 Å². The highest BCUT2D eigenvalue weighted by Crippen LogP contribution is 2.29. The first-order chi connectivity index (χ1) is 13.3. The maximum Gasteiger partial charge on any atom is 0.404 e. The van der Waals surface area contributed by atoms with Gasteiger partial charge in [0.1, 0.15) is 28.5 Å². The molecule has 2 aromatic heterocycles. The van der Waals surface area contributed by atoms with Crippen molar-refractivity contribution in [1.29, 1.82) is 5.26 Å². The number of alkyl halides is 3. The molecule has 0 saturated carbocycles. The van der Waals surface area contributed by atoms with Crippen LogP contribution in [0.25, 0.3) is 0 Å². The van der Waals surface area contributed by atoms with E-state index in [1.54, 1.807) is 0 Å². The van der Waals surface area contributed by atoms with Crippen LogP contribution in [0.3, 0.4) is 0 Å². The number of sulfonamides is 1. The van der Waals surface area contributed by atoms with Crippen molar-refractivity contribution in [3.05, 3.63) is 40.6 Å². The van der Waals surface area contributed by atoms with E-state index in [0.717, 1.165) is 22.9 Å². The molecule has 1 amide bonds. The molecule has 0 radical (unpaired) electrons. The van der Waals surface area contributed by atoms with Crippen molar-refractivity contribution in [3.8, 4) is 6.07 Å². The zero-order valence-corrected chi connectivity index (χ0v) is 16.2. The molecule has 0 aliphatic carbocycles. The van der Waals surface area contributed by atoms with E-state index in [0.29, 0.717) is 6.92 Å². The first kappa shape index (κ1) is 22.6. The number of carbonyl (C=O) groups excluding carboxylic acids is 1. The maximum absolute atomic E-state index is 13.3. The largest absolute Gasteiger partial charge is 0.404 e. The van der Waals surface area contributed by atoms with Gasteiger partial charge in [0, 0.05) is 13.2 Å². The summed E-state index contributed by atoms with van der Waals surface area (Å²) < 4.78 is 78.2. The Morgan fingerprint density at radius 2 is 2.00 bits per heavy atom. The Labute approximate surface area is 167 Å². The lowest BCUT2D eigenvalue weighted by atomic mass is 10.3.